The van der Waals surface area contributed by atoms with Gasteiger partial charge in [0.05, 0.1) is 6.10 Å². The minimum Gasteiger partial charge on any atom is -0.396 e. The van der Waals surface area contributed by atoms with Crippen molar-refractivity contribution in [3.63, 3.8) is 0 Å². The molecule has 0 spiro atoms. The number of hydrogen-bond donors (Lipinski definition) is 2. The van der Waals surface area contributed by atoms with Crippen molar-refractivity contribution < 1.29 is 14.6 Å². The number of halogens is 1. The first-order valence-electron chi connectivity index (χ1n) is 4.08. The molecule has 0 aromatic carbocycles. The molecule has 2 nitrogen and oxygen atoms in total. The summed E-state index contributed by atoms with van der Waals surface area (Å²) in [5.41, 5.74) is -1.51. The third-order valence-corrected chi connectivity index (χ3v) is 2.18. The summed E-state index contributed by atoms with van der Waals surface area (Å²) in [5.74, 6) is 0. The van der Waals surface area contributed by atoms with Crippen LogP contribution in [0.4, 0.5) is 4.39 Å². The fourth-order valence-corrected chi connectivity index (χ4v) is 1.10. The molecule has 1 atom stereocenters. The molecule has 1 unspecified atom stereocenters. The van der Waals surface area contributed by atoms with E-state index in [1.165, 1.54) is 0 Å². The quantitative estimate of drug-likeness (QED) is 0.642. The van der Waals surface area contributed by atoms with E-state index in [2.05, 4.69) is 0 Å². The van der Waals surface area contributed by atoms with E-state index in [1.54, 1.807) is 13.8 Å². The van der Waals surface area contributed by atoms with Crippen LogP contribution < -0.4 is 0 Å². The molecular weight excluding hydrogens is 147 g/mol. The number of aliphatic hydroxyl groups is 2. The molecule has 3 heteroatoms. The largest absolute Gasteiger partial charge is 0.396 e. The van der Waals surface area contributed by atoms with Crippen LogP contribution in [0.1, 0.15) is 33.1 Å². The molecule has 68 valence electrons. The summed E-state index contributed by atoms with van der Waals surface area (Å²) in [4.78, 5) is 0. The van der Waals surface area contributed by atoms with Crippen LogP contribution in [-0.4, -0.2) is 28.6 Å². The van der Waals surface area contributed by atoms with Gasteiger partial charge in [0.15, 0.2) is 0 Å². The van der Waals surface area contributed by atoms with E-state index in [0.717, 1.165) is 0 Å². The molecule has 0 aromatic rings. The highest BCUT2D eigenvalue weighted by Gasteiger charge is 2.33. The van der Waals surface area contributed by atoms with Crippen molar-refractivity contribution >= 4 is 0 Å². The summed E-state index contributed by atoms with van der Waals surface area (Å²) in [6.07, 6.45) is -0.310. The molecule has 2 N–H and O–H groups in total. The summed E-state index contributed by atoms with van der Waals surface area (Å²) in [7, 11) is 0. The van der Waals surface area contributed by atoms with E-state index >= 15 is 0 Å². The molecule has 0 aromatic heterocycles. The highest BCUT2D eigenvalue weighted by Crippen LogP contribution is 2.26. The lowest BCUT2D eigenvalue weighted by atomic mass is 9.91. The second kappa shape index (κ2) is 4.67. The second-order valence-corrected chi connectivity index (χ2v) is 2.77. The Balaban J connectivity index is 4.00. The fourth-order valence-electron chi connectivity index (χ4n) is 1.10. The van der Waals surface area contributed by atoms with Crippen LogP contribution in [0.2, 0.25) is 0 Å². The highest BCUT2D eigenvalue weighted by molar-refractivity contribution is 4.83. The van der Waals surface area contributed by atoms with Crippen molar-refractivity contribution in [3.8, 4) is 0 Å². The molecule has 0 rings (SSSR count). The van der Waals surface area contributed by atoms with E-state index < -0.39 is 11.8 Å². The van der Waals surface area contributed by atoms with Gasteiger partial charge in [-0.3, -0.25) is 0 Å². The maximum Gasteiger partial charge on any atom is 0.136 e. The van der Waals surface area contributed by atoms with E-state index in [1.807, 2.05) is 0 Å². The summed E-state index contributed by atoms with van der Waals surface area (Å²) < 4.78 is 13.5. The Morgan fingerprint density at radius 2 is 1.82 bits per heavy atom. The molecule has 0 radical (unpaired) electrons. The topological polar surface area (TPSA) is 40.5 Å². The van der Waals surface area contributed by atoms with E-state index in [-0.39, 0.29) is 13.0 Å². The molecular formula is C8H17FO2. The van der Waals surface area contributed by atoms with Crippen molar-refractivity contribution in [2.24, 2.45) is 0 Å². The lowest BCUT2D eigenvalue weighted by Crippen LogP contribution is -2.37. The standard InChI is InChI=1S/C8H17FO2/c1-3-8(9,4-2)7(11)5-6-10/h7,10-11H,3-6H2,1-2H3. The SMILES string of the molecule is CCC(F)(CC)C(O)CCO. The molecule has 0 aliphatic carbocycles. The average molecular weight is 164 g/mol. The van der Waals surface area contributed by atoms with Gasteiger partial charge < -0.3 is 10.2 Å². The number of alkyl halides is 1. The van der Waals surface area contributed by atoms with Crippen LogP contribution in [-0.2, 0) is 0 Å². The van der Waals surface area contributed by atoms with Crippen molar-refractivity contribution in [2.75, 3.05) is 6.61 Å². The van der Waals surface area contributed by atoms with Gasteiger partial charge in [-0.15, -0.1) is 0 Å². The van der Waals surface area contributed by atoms with Gasteiger partial charge in [-0.1, -0.05) is 13.8 Å². The van der Waals surface area contributed by atoms with Gasteiger partial charge in [-0.05, 0) is 19.3 Å². The van der Waals surface area contributed by atoms with Crippen LogP contribution in [0.3, 0.4) is 0 Å². The summed E-state index contributed by atoms with van der Waals surface area (Å²) in [6, 6.07) is 0. The zero-order valence-corrected chi connectivity index (χ0v) is 7.18. The first-order chi connectivity index (χ1) is 5.10. The van der Waals surface area contributed by atoms with E-state index in [9.17, 15) is 9.50 Å². The number of rotatable bonds is 5. The summed E-state index contributed by atoms with van der Waals surface area (Å²) in [6.45, 7) is 3.24. The average Bonchev–Trinajstić information content (AvgIpc) is 2.03. The van der Waals surface area contributed by atoms with Crippen molar-refractivity contribution in [3.05, 3.63) is 0 Å². The van der Waals surface area contributed by atoms with Crippen molar-refractivity contribution in [2.45, 2.75) is 44.9 Å². The maximum absolute atomic E-state index is 13.5. The van der Waals surface area contributed by atoms with E-state index in [0.29, 0.717) is 12.8 Å². The number of aliphatic hydroxyl groups excluding tert-OH is 2. The highest BCUT2D eigenvalue weighted by atomic mass is 19.1. The van der Waals surface area contributed by atoms with Crippen LogP contribution in [0, 0.1) is 0 Å². The van der Waals surface area contributed by atoms with Gasteiger partial charge in [-0.2, -0.15) is 0 Å². The van der Waals surface area contributed by atoms with Gasteiger partial charge in [-0.25, -0.2) is 4.39 Å². The third kappa shape index (κ3) is 2.75. The predicted molar refractivity (Wildman–Crippen MR) is 42.1 cm³/mol. The molecule has 0 saturated heterocycles. The van der Waals surface area contributed by atoms with E-state index in [4.69, 9.17) is 5.11 Å². The zero-order valence-electron chi connectivity index (χ0n) is 7.18. The zero-order chi connectivity index (χ0) is 8.91. The van der Waals surface area contributed by atoms with Crippen molar-refractivity contribution in [1.29, 1.82) is 0 Å². The first kappa shape index (κ1) is 10.8. The van der Waals surface area contributed by atoms with Crippen LogP contribution in [0.25, 0.3) is 0 Å². The van der Waals surface area contributed by atoms with Crippen LogP contribution >= 0.6 is 0 Å². The van der Waals surface area contributed by atoms with Crippen LogP contribution in [0.15, 0.2) is 0 Å². The Bertz CT molecular complexity index is 102. The van der Waals surface area contributed by atoms with Gasteiger partial charge in [0.1, 0.15) is 5.67 Å². The summed E-state index contributed by atoms with van der Waals surface area (Å²) >= 11 is 0. The Morgan fingerprint density at radius 3 is 2.09 bits per heavy atom. The Morgan fingerprint density at radius 1 is 1.36 bits per heavy atom. The van der Waals surface area contributed by atoms with Gasteiger partial charge in [0.2, 0.25) is 0 Å². The first-order valence-corrected chi connectivity index (χ1v) is 4.08. The normalized spacial score (nSPS) is 15.0. The lowest BCUT2D eigenvalue weighted by molar-refractivity contribution is -0.0271. The van der Waals surface area contributed by atoms with Gasteiger partial charge in [0, 0.05) is 6.61 Å². The van der Waals surface area contributed by atoms with Crippen molar-refractivity contribution in [1.82, 2.24) is 0 Å². The molecule has 0 fully saturated rings. The number of hydrogen-bond acceptors (Lipinski definition) is 2. The molecule has 0 aliphatic rings. The molecule has 0 bridgehead atoms. The monoisotopic (exact) mass is 164 g/mol. The minimum atomic E-state index is -1.51. The maximum atomic E-state index is 13.5. The molecule has 0 aliphatic heterocycles. The minimum absolute atomic E-state index is 0.123. The Hall–Kier alpha value is -0.150. The fraction of sp³-hybridized carbons (Fsp3) is 1.00. The molecule has 0 heterocycles. The Kier molecular flexibility index (Phi) is 4.61. The van der Waals surface area contributed by atoms with Gasteiger partial charge >= 0.3 is 0 Å². The Labute approximate surface area is 67.0 Å². The lowest BCUT2D eigenvalue weighted by Gasteiger charge is -2.27. The molecule has 0 saturated carbocycles. The predicted octanol–water partition coefficient (Wildman–Crippen LogP) is 1.26. The second-order valence-electron chi connectivity index (χ2n) is 2.77. The molecule has 0 amide bonds. The summed E-state index contributed by atoms with van der Waals surface area (Å²) in [5, 5.41) is 17.7. The smallest absolute Gasteiger partial charge is 0.136 e. The van der Waals surface area contributed by atoms with Crippen LogP contribution in [0.5, 0.6) is 0 Å². The van der Waals surface area contributed by atoms with Gasteiger partial charge in [0.25, 0.3) is 0 Å². The molecule has 11 heavy (non-hydrogen) atoms. The third-order valence-electron chi connectivity index (χ3n) is 2.18.